The number of benzene rings is 1. The number of aliphatic hydroxyl groups excluding tert-OH is 1. The van der Waals surface area contributed by atoms with E-state index in [1.54, 1.807) is 25.2 Å². The number of rotatable bonds is 8. The number of likely N-dealkylation sites (tertiary alicyclic amines) is 1. The maximum absolute atomic E-state index is 13.1. The fourth-order valence-corrected chi connectivity index (χ4v) is 4.26. The van der Waals surface area contributed by atoms with E-state index in [9.17, 15) is 14.7 Å². The van der Waals surface area contributed by atoms with Gasteiger partial charge in [0.1, 0.15) is 6.10 Å². The summed E-state index contributed by atoms with van der Waals surface area (Å²) in [4.78, 5) is 28.7. The van der Waals surface area contributed by atoms with Crippen molar-refractivity contribution in [3.63, 3.8) is 0 Å². The lowest BCUT2D eigenvalue weighted by molar-refractivity contribution is -0.150. The molecule has 8 heteroatoms. The molecule has 0 bridgehead atoms. The minimum Gasteiger partial charge on any atom is -0.493 e. The molecule has 0 unspecified atom stereocenters. The van der Waals surface area contributed by atoms with Crippen LogP contribution in [0.25, 0.3) is 0 Å². The van der Waals surface area contributed by atoms with Gasteiger partial charge in [0.25, 0.3) is 0 Å². The van der Waals surface area contributed by atoms with Crippen LogP contribution < -0.4 is 9.47 Å². The van der Waals surface area contributed by atoms with Crippen molar-refractivity contribution in [2.75, 3.05) is 47.1 Å². The minimum atomic E-state index is -0.510. The number of hydrogen-bond acceptors (Lipinski definition) is 6. The Morgan fingerprint density at radius 3 is 2.70 bits per heavy atom. The number of aliphatic hydroxyl groups is 1. The third-order valence-corrected chi connectivity index (χ3v) is 5.84. The van der Waals surface area contributed by atoms with Crippen LogP contribution in [0.1, 0.15) is 43.7 Å². The Morgan fingerprint density at radius 2 is 2.00 bits per heavy atom. The summed E-state index contributed by atoms with van der Waals surface area (Å²) in [5, 5.41) is 9.86. The average molecular weight is 421 g/mol. The highest BCUT2D eigenvalue weighted by Crippen LogP contribution is 2.36. The predicted molar refractivity (Wildman–Crippen MR) is 110 cm³/mol. The van der Waals surface area contributed by atoms with Crippen molar-refractivity contribution in [3.8, 4) is 11.5 Å². The van der Waals surface area contributed by atoms with Crippen LogP contribution in [0.2, 0.25) is 0 Å². The first-order valence-electron chi connectivity index (χ1n) is 10.6. The summed E-state index contributed by atoms with van der Waals surface area (Å²) in [5.41, 5.74) is 0.825. The van der Waals surface area contributed by atoms with Crippen molar-refractivity contribution in [2.24, 2.45) is 0 Å². The van der Waals surface area contributed by atoms with Crippen molar-refractivity contribution in [1.82, 2.24) is 9.80 Å². The van der Waals surface area contributed by atoms with E-state index in [1.807, 2.05) is 17.0 Å². The van der Waals surface area contributed by atoms with Gasteiger partial charge in [-0.2, -0.15) is 0 Å². The van der Waals surface area contributed by atoms with Crippen molar-refractivity contribution in [3.05, 3.63) is 23.8 Å². The Kier molecular flexibility index (Phi) is 7.93. The van der Waals surface area contributed by atoms with Crippen LogP contribution in [0.15, 0.2) is 18.2 Å². The summed E-state index contributed by atoms with van der Waals surface area (Å²) >= 11 is 0. The highest BCUT2D eigenvalue weighted by molar-refractivity contribution is 5.78. The molecule has 2 aliphatic heterocycles. The number of carbonyl (C=O) groups is 2. The molecular formula is C22H32N2O6. The molecule has 2 saturated heterocycles. The third-order valence-electron chi connectivity index (χ3n) is 5.84. The summed E-state index contributed by atoms with van der Waals surface area (Å²) in [5.74, 6) is 1.35. The van der Waals surface area contributed by atoms with Gasteiger partial charge in [-0.25, -0.2) is 0 Å². The second-order valence-corrected chi connectivity index (χ2v) is 7.68. The van der Waals surface area contributed by atoms with E-state index >= 15 is 0 Å². The van der Waals surface area contributed by atoms with Gasteiger partial charge >= 0.3 is 0 Å². The van der Waals surface area contributed by atoms with Gasteiger partial charge in [0.2, 0.25) is 11.8 Å². The van der Waals surface area contributed by atoms with Crippen molar-refractivity contribution >= 4 is 11.8 Å². The zero-order valence-electron chi connectivity index (χ0n) is 17.8. The Balaban J connectivity index is 1.71. The molecule has 2 atom stereocenters. The molecule has 0 aromatic heterocycles. The van der Waals surface area contributed by atoms with Gasteiger partial charge in [-0.3, -0.25) is 9.59 Å². The number of nitrogens with zero attached hydrogens (tertiary/aromatic N) is 2. The molecule has 166 valence electrons. The molecule has 0 saturated carbocycles. The first kappa shape index (κ1) is 22.4. The number of morpholine rings is 1. The minimum absolute atomic E-state index is 0.000920. The molecule has 1 aromatic carbocycles. The fraction of sp³-hybridized carbons (Fsp3) is 0.636. The number of carbonyl (C=O) groups excluding carboxylic acids is 2. The summed E-state index contributed by atoms with van der Waals surface area (Å²) in [6, 6.07) is 5.08. The highest BCUT2D eigenvalue weighted by atomic mass is 16.5. The highest BCUT2D eigenvalue weighted by Gasteiger charge is 2.36. The molecule has 2 aliphatic rings. The van der Waals surface area contributed by atoms with E-state index in [0.717, 1.165) is 24.9 Å². The van der Waals surface area contributed by atoms with Gasteiger partial charge in [0.15, 0.2) is 11.5 Å². The third kappa shape index (κ3) is 5.05. The molecule has 2 heterocycles. The average Bonchev–Trinajstić information content (AvgIpc) is 2.79. The van der Waals surface area contributed by atoms with Crippen LogP contribution in [-0.2, 0) is 14.3 Å². The monoisotopic (exact) mass is 420 g/mol. The van der Waals surface area contributed by atoms with Gasteiger partial charge in [-0.1, -0.05) is 6.07 Å². The fourth-order valence-electron chi connectivity index (χ4n) is 4.26. The molecule has 1 aromatic rings. The quantitative estimate of drug-likeness (QED) is 0.689. The first-order chi connectivity index (χ1) is 14.6. The Hall–Kier alpha value is -2.32. The van der Waals surface area contributed by atoms with Crippen LogP contribution in [0.3, 0.4) is 0 Å². The lowest BCUT2D eigenvalue weighted by atomic mass is 9.97. The molecule has 3 rings (SSSR count). The molecule has 2 fully saturated rings. The number of amides is 2. The molecule has 1 N–H and O–H groups in total. The second-order valence-electron chi connectivity index (χ2n) is 7.68. The summed E-state index contributed by atoms with van der Waals surface area (Å²) in [7, 11) is 3.13. The zero-order valence-corrected chi connectivity index (χ0v) is 17.8. The molecule has 30 heavy (non-hydrogen) atoms. The number of piperidine rings is 1. The Morgan fingerprint density at radius 1 is 1.20 bits per heavy atom. The first-order valence-corrected chi connectivity index (χ1v) is 10.6. The number of ether oxygens (including phenoxy) is 3. The molecular weight excluding hydrogens is 388 g/mol. The normalized spacial score (nSPS) is 22.2. The maximum atomic E-state index is 13.1. The standard InChI is InChI=1S/C22H32N2O6/c1-28-17-9-8-16(14-18(17)29-2)22-19(15-25)30-13-12-24(22)21(27)7-5-11-23-10-4-3-6-20(23)26/h8-9,14,19,22,25H,3-7,10-13,15H2,1-2H3/t19-,22-/m1/s1. The zero-order chi connectivity index (χ0) is 21.5. The van der Waals surface area contributed by atoms with Gasteiger partial charge in [0.05, 0.1) is 33.5 Å². The second kappa shape index (κ2) is 10.6. The van der Waals surface area contributed by atoms with Crippen molar-refractivity contribution in [2.45, 2.75) is 44.2 Å². The lowest BCUT2D eigenvalue weighted by Gasteiger charge is -2.41. The largest absolute Gasteiger partial charge is 0.493 e. The van der Waals surface area contributed by atoms with Gasteiger partial charge in [-0.05, 0) is 37.0 Å². The summed E-state index contributed by atoms with van der Waals surface area (Å²) in [6.45, 7) is 2.04. The number of hydrogen-bond donors (Lipinski definition) is 1. The summed E-state index contributed by atoms with van der Waals surface area (Å²) < 4.78 is 16.5. The van der Waals surface area contributed by atoms with E-state index in [1.165, 1.54) is 0 Å². The van der Waals surface area contributed by atoms with E-state index < -0.39 is 12.1 Å². The molecule has 0 radical (unpaired) electrons. The van der Waals surface area contributed by atoms with E-state index in [0.29, 0.717) is 50.5 Å². The molecule has 2 amide bonds. The maximum Gasteiger partial charge on any atom is 0.223 e. The van der Waals surface area contributed by atoms with E-state index in [4.69, 9.17) is 14.2 Å². The van der Waals surface area contributed by atoms with Crippen LogP contribution in [-0.4, -0.2) is 79.9 Å². The van der Waals surface area contributed by atoms with Crippen LogP contribution >= 0.6 is 0 Å². The van der Waals surface area contributed by atoms with Gasteiger partial charge in [-0.15, -0.1) is 0 Å². The van der Waals surface area contributed by atoms with Crippen LogP contribution in [0, 0.1) is 0 Å². The van der Waals surface area contributed by atoms with Gasteiger partial charge < -0.3 is 29.1 Å². The molecule has 0 spiro atoms. The smallest absolute Gasteiger partial charge is 0.223 e. The summed E-state index contributed by atoms with van der Waals surface area (Å²) in [6.07, 6.45) is 3.07. The van der Waals surface area contributed by atoms with Crippen LogP contribution in [0.5, 0.6) is 11.5 Å². The molecule has 0 aliphatic carbocycles. The van der Waals surface area contributed by atoms with Crippen molar-refractivity contribution < 1.29 is 28.9 Å². The van der Waals surface area contributed by atoms with Crippen LogP contribution in [0.4, 0.5) is 0 Å². The number of methoxy groups -OCH3 is 2. The Labute approximate surface area is 177 Å². The topological polar surface area (TPSA) is 88.5 Å². The lowest BCUT2D eigenvalue weighted by Crippen LogP contribution is -2.49. The predicted octanol–water partition coefficient (Wildman–Crippen LogP) is 1.76. The SMILES string of the molecule is COc1ccc([C@@H]2[C@@H](CO)OCCN2C(=O)CCCN2CCCCC2=O)cc1OC. The Bertz CT molecular complexity index is 740. The van der Waals surface area contributed by atoms with Gasteiger partial charge in [0, 0.05) is 32.5 Å². The van der Waals surface area contributed by atoms with E-state index in [-0.39, 0.29) is 18.4 Å². The van der Waals surface area contributed by atoms with Crippen molar-refractivity contribution in [1.29, 1.82) is 0 Å². The van der Waals surface area contributed by atoms with E-state index in [2.05, 4.69) is 0 Å². The molecule has 8 nitrogen and oxygen atoms in total.